The molecule has 3 aromatic carbocycles. The predicted octanol–water partition coefficient (Wildman–Crippen LogP) is 7.20. The van der Waals surface area contributed by atoms with Gasteiger partial charge in [-0.15, -0.1) is 0 Å². The van der Waals surface area contributed by atoms with Crippen molar-refractivity contribution in [3.05, 3.63) is 103 Å². The maximum absolute atomic E-state index is 13.4. The number of fused-ring (bicyclic) bond motifs is 1. The van der Waals surface area contributed by atoms with Crippen molar-refractivity contribution in [1.29, 1.82) is 0 Å². The third-order valence-corrected chi connectivity index (χ3v) is 5.42. The van der Waals surface area contributed by atoms with Gasteiger partial charge in [0.1, 0.15) is 17.2 Å². The van der Waals surface area contributed by atoms with E-state index in [0.29, 0.717) is 28.2 Å². The summed E-state index contributed by atoms with van der Waals surface area (Å²) < 4.78 is 54.9. The monoisotopic (exact) mass is 448 g/mol. The van der Waals surface area contributed by atoms with Gasteiger partial charge >= 0.3 is 6.18 Å². The van der Waals surface area contributed by atoms with Crippen molar-refractivity contribution in [2.24, 2.45) is 0 Å². The zero-order valence-electron chi connectivity index (χ0n) is 17.0. The lowest BCUT2D eigenvalue weighted by atomic mass is 10.0. The van der Waals surface area contributed by atoms with E-state index < -0.39 is 11.7 Å². The number of aromatic nitrogens is 2. The average Bonchev–Trinajstić information content (AvgIpc) is 3.18. The molecule has 0 fully saturated rings. The van der Waals surface area contributed by atoms with Gasteiger partial charge in [-0.1, -0.05) is 36.4 Å². The van der Waals surface area contributed by atoms with Crippen LogP contribution in [0.1, 0.15) is 5.56 Å². The third-order valence-electron chi connectivity index (χ3n) is 5.42. The molecular weight excluding hydrogens is 432 g/mol. The zero-order valence-corrected chi connectivity index (χ0v) is 17.0. The molecule has 0 amide bonds. The molecule has 0 spiro atoms. The minimum absolute atomic E-state index is 0.0760. The molecule has 1 N–H and O–H groups in total. The molecule has 2 aromatic heterocycles. The second-order valence-corrected chi connectivity index (χ2v) is 7.58. The van der Waals surface area contributed by atoms with Crippen LogP contribution in [0.3, 0.4) is 0 Å². The Morgan fingerprint density at radius 1 is 0.667 bits per heavy atom. The number of benzene rings is 3. The van der Waals surface area contributed by atoms with Crippen LogP contribution in [0.5, 0.6) is 5.75 Å². The molecule has 0 bridgehead atoms. The number of hydrogen-bond donors (Lipinski definition) is 1. The summed E-state index contributed by atoms with van der Waals surface area (Å²) in [7, 11) is 0. The van der Waals surface area contributed by atoms with Gasteiger partial charge in [-0.2, -0.15) is 13.2 Å². The lowest BCUT2D eigenvalue weighted by Gasteiger charge is -2.10. The van der Waals surface area contributed by atoms with Gasteiger partial charge in [-0.3, -0.25) is 4.40 Å². The van der Waals surface area contributed by atoms with Crippen molar-refractivity contribution in [3.8, 4) is 39.4 Å². The van der Waals surface area contributed by atoms with Crippen LogP contribution in [0.4, 0.5) is 17.6 Å². The fourth-order valence-corrected chi connectivity index (χ4v) is 3.77. The van der Waals surface area contributed by atoms with Crippen molar-refractivity contribution < 1.29 is 22.7 Å². The van der Waals surface area contributed by atoms with Crippen LogP contribution in [-0.2, 0) is 6.18 Å². The van der Waals surface area contributed by atoms with Crippen LogP contribution in [0.15, 0.2) is 91.1 Å². The van der Waals surface area contributed by atoms with Crippen LogP contribution >= 0.6 is 0 Å². The number of rotatable bonds is 3. The van der Waals surface area contributed by atoms with Crippen LogP contribution in [-0.4, -0.2) is 14.5 Å². The highest BCUT2D eigenvalue weighted by Gasteiger charge is 2.31. The first kappa shape index (κ1) is 20.8. The molecule has 7 heteroatoms. The van der Waals surface area contributed by atoms with Crippen LogP contribution < -0.4 is 0 Å². The lowest BCUT2D eigenvalue weighted by Crippen LogP contribution is -2.06. The van der Waals surface area contributed by atoms with E-state index in [1.807, 2.05) is 12.1 Å². The van der Waals surface area contributed by atoms with E-state index in [2.05, 4.69) is 4.98 Å². The van der Waals surface area contributed by atoms with E-state index >= 15 is 0 Å². The summed E-state index contributed by atoms with van der Waals surface area (Å²) in [5.41, 5.74) is 3.54. The second kappa shape index (κ2) is 7.78. The Labute approximate surface area is 186 Å². The number of nitrogens with zero attached hydrogens (tertiary/aromatic N) is 2. The van der Waals surface area contributed by atoms with E-state index in [1.54, 1.807) is 36.4 Å². The Bertz CT molecular complexity index is 1440. The Morgan fingerprint density at radius 3 is 1.82 bits per heavy atom. The molecule has 2 heterocycles. The molecule has 0 aliphatic rings. The summed E-state index contributed by atoms with van der Waals surface area (Å²) in [6.07, 6.45) is -3.46. The van der Waals surface area contributed by atoms with E-state index in [1.165, 1.54) is 34.7 Å². The first-order chi connectivity index (χ1) is 15.8. The Balaban J connectivity index is 1.69. The van der Waals surface area contributed by atoms with Crippen LogP contribution in [0, 0.1) is 5.82 Å². The van der Waals surface area contributed by atoms with Gasteiger partial charge in [0.25, 0.3) is 0 Å². The van der Waals surface area contributed by atoms with Crippen molar-refractivity contribution in [2.75, 3.05) is 0 Å². The zero-order chi connectivity index (χ0) is 23.2. The summed E-state index contributed by atoms with van der Waals surface area (Å²) in [5.74, 6) is -0.257. The van der Waals surface area contributed by atoms with E-state index in [4.69, 9.17) is 0 Å². The van der Waals surface area contributed by atoms with Crippen molar-refractivity contribution >= 4 is 5.65 Å². The largest absolute Gasteiger partial charge is 0.508 e. The summed E-state index contributed by atoms with van der Waals surface area (Å²) >= 11 is 0. The highest BCUT2D eigenvalue weighted by Crippen LogP contribution is 2.37. The van der Waals surface area contributed by atoms with Gasteiger partial charge in [0.15, 0.2) is 0 Å². The maximum atomic E-state index is 13.4. The Kier molecular flexibility index (Phi) is 4.89. The quantitative estimate of drug-likeness (QED) is 0.297. The predicted molar refractivity (Wildman–Crippen MR) is 118 cm³/mol. The molecule has 33 heavy (non-hydrogen) atoms. The third kappa shape index (κ3) is 3.93. The minimum atomic E-state index is -4.50. The number of phenolic OH excluding ortho intramolecular Hbond substituents is 1. The summed E-state index contributed by atoms with van der Waals surface area (Å²) in [4.78, 5) is 4.57. The standard InChI is InChI=1S/C26H16F4N2O/c27-21-10-5-17(6-11-21)16-1-3-19(4-2-16)25-24(18-7-12-22(33)13-8-18)31-23-14-9-20(15-32(23)25)26(28,29)30/h1-15,33H. The van der Waals surface area contributed by atoms with E-state index in [-0.39, 0.29) is 11.6 Å². The number of imidazole rings is 1. The molecule has 0 radical (unpaired) electrons. The first-order valence-corrected chi connectivity index (χ1v) is 10.0. The molecular formula is C26H16F4N2O. The number of aromatic hydroxyl groups is 1. The van der Waals surface area contributed by atoms with Gasteiger partial charge in [-0.25, -0.2) is 9.37 Å². The van der Waals surface area contributed by atoms with Gasteiger partial charge < -0.3 is 5.11 Å². The lowest BCUT2D eigenvalue weighted by molar-refractivity contribution is -0.137. The molecule has 0 atom stereocenters. The molecule has 0 aliphatic heterocycles. The molecule has 164 valence electrons. The summed E-state index contributed by atoms with van der Waals surface area (Å²) in [6, 6.07) is 22.0. The number of halogens is 4. The van der Waals surface area contributed by atoms with Gasteiger partial charge in [-0.05, 0) is 59.7 Å². The Morgan fingerprint density at radius 2 is 1.21 bits per heavy atom. The fourth-order valence-electron chi connectivity index (χ4n) is 3.77. The summed E-state index contributed by atoms with van der Waals surface area (Å²) in [5, 5.41) is 9.64. The molecule has 0 saturated carbocycles. The van der Waals surface area contributed by atoms with Crippen molar-refractivity contribution in [1.82, 2.24) is 9.38 Å². The van der Waals surface area contributed by atoms with Crippen molar-refractivity contribution in [2.45, 2.75) is 6.18 Å². The molecule has 3 nitrogen and oxygen atoms in total. The van der Waals surface area contributed by atoms with Gasteiger partial charge in [0.05, 0.1) is 17.0 Å². The number of phenols is 1. The maximum Gasteiger partial charge on any atom is 0.417 e. The topological polar surface area (TPSA) is 37.5 Å². The molecule has 0 aliphatic carbocycles. The highest BCUT2D eigenvalue weighted by atomic mass is 19.4. The van der Waals surface area contributed by atoms with Crippen LogP contribution in [0.2, 0.25) is 0 Å². The second-order valence-electron chi connectivity index (χ2n) is 7.58. The van der Waals surface area contributed by atoms with Gasteiger partial charge in [0, 0.05) is 17.3 Å². The number of pyridine rings is 1. The first-order valence-electron chi connectivity index (χ1n) is 10.0. The van der Waals surface area contributed by atoms with E-state index in [9.17, 15) is 22.7 Å². The SMILES string of the molecule is Oc1ccc(-c2nc3ccc(C(F)(F)F)cn3c2-c2ccc(-c3ccc(F)cc3)cc2)cc1. The molecule has 5 rings (SSSR count). The normalized spacial score (nSPS) is 11.8. The van der Waals surface area contributed by atoms with Crippen molar-refractivity contribution in [3.63, 3.8) is 0 Å². The Hall–Kier alpha value is -4.13. The molecule has 5 aromatic rings. The average molecular weight is 448 g/mol. The number of hydrogen-bond acceptors (Lipinski definition) is 2. The fraction of sp³-hybridized carbons (Fsp3) is 0.0385. The van der Waals surface area contributed by atoms with Gasteiger partial charge in [0.2, 0.25) is 0 Å². The molecule has 0 unspecified atom stereocenters. The van der Waals surface area contributed by atoms with Crippen LogP contribution in [0.25, 0.3) is 39.3 Å². The molecule has 0 saturated heterocycles. The summed E-state index contributed by atoms with van der Waals surface area (Å²) in [6.45, 7) is 0. The van der Waals surface area contributed by atoms with E-state index in [0.717, 1.165) is 23.4 Å². The smallest absolute Gasteiger partial charge is 0.417 e. The number of alkyl halides is 3. The minimum Gasteiger partial charge on any atom is -0.508 e. The highest BCUT2D eigenvalue weighted by molar-refractivity contribution is 5.83.